The van der Waals surface area contributed by atoms with E-state index in [1.807, 2.05) is 37.3 Å². The fraction of sp³-hybridized carbons (Fsp3) is 0.158. The van der Waals surface area contributed by atoms with Gasteiger partial charge in [0.05, 0.1) is 11.6 Å². The lowest BCUT2D eigenvalue weighted by atomic mass is 10.1. The summed E-state index contributed by atoms with van der Waals surface area (Å²) in [5.74, 6) is 1.42. The predicted octanol–water partition coefficient (Wildman–Crippen LogP) is 3.85. The van der Waals surface area contributed by atoms with E-state index >= 15 is 0 Å². The third kappa shape index (κ3) is 4.01. The lowest BCUT2D eigenvalue weighted by Crippen LogP contribution is -2.21. The second-order valence-electron chi connectivity index (χ2n) is 5.64. The quantitative estimate of drug-likeness (QED) is 0.863. The molecule has 1 amide bonds. The summed E-state index contributed by atoms with van der Waals surface area (Å²) in [6.45, 7) is 2.00. The topological polar surface area (TPSA) is 62.1 Å². The van der Waals surface area contributed by atoms with Gasteiger partial charge in [0.2, 0.25) is 5.91 Å². The first kappa shape index (κ1) is 16.2. The number of benzene rings is 2. The zero-order valence-corrected chi connectivity index (χ0v) is 14.2. The second-order valence-corrected chi connectivity index (χ2v) is 6.93. The Bertz CT molecular complexity index is 840. The van der Waals surface area contributed by atoms with E-state index in [-0.39, 0.29) is 5.91 Å². The van der Waals surface area contributed by atoms with Gasteiger partial charge < -0.3 is 9.82 Å². The van der Waals surface area contributed by atoms with Crippen LogP contribution in [0.1, 0.15) is 16.7 Å². The van der Waals surface area contributed by atoms with Crippen molar-refractivity contribution in [2.24, 2.45) is 0 Å². The van der Waals surface area contributed by atoms with Crippen LogP contribution in [0.2, 0.25) is 0 Å². The minimum absolute atomic E-state index is 0.0186. The van der Waals surface area contributed by atoms with Gasteiger partial charge in [-0.2, -0.15) is 5.26 Å². The molecule has 24 heavy (non-hydrogen) atoms. The van der Waals surface area contributed by atoms with Gasteiger partial charge in [0.1, 0.15) is 11.5 Å². The summed E-state index contributed by atoms with van der Waals surface area (Å²) in [7, 11) is 0.401. The first-order valence-corrected chi connectivity index (χ1v) is 8.73. The average Bonchev–Trinajstić information content (AvgIpc) is 2.60. The molecule has 0 radical (unpaired) electrons. The van der Waals surface area contributed by atoms with E-state index in [2.05, 4.69) is 17.2 Å². The van der Waals surface area contributed by atoms with Crippen LogP contribution in [0.25, 0.3) is 0 Å². The molecule has 4 nitrogen and oxygen atoms in total. The van der Waals surface area contributed by atoms with Gasteiger partial charge in [0.25, 0.3) is 0 Å². The molecule has 0 fully saturated rings. The molecule has 1 heterocycles. The monoisotopic (exact) mass is 336 g/mol. The van der Waals surface area contributed by atoms with E-state index < -0.39 is 0 Å². The maximum atomic E-state index is 11.2. The molecule has 0 spiro atoms. The van der Waals surface area contributed by atoms with Gasteiger partial charge in [-0.15, -0.1) is 0 Å². The van der Waals surface area contributed by atoms with Crippen molar-refractivity contribution in [3.8, 4) is 17.6 Å². The summed E-state index contributed by atoms with van der Waals surface area (Å²) in [5.41, 5.74) is 3.09. The molecule has 120 valence electrons. The molecule has 0 aliphatic carbocycles. The molecule has 2 aromatic carbocycles. The molecule has 0 bridgehead atoms. The Balaban J connectivity index is 1.77. The molecule has 0 aromatic heterocycles. The molecule has 0 saturated carbocycles. The number of nitrogens with zero attached hydrogens (tertiary/aromatic N) is 1. The van der Waals surface area contributed by atoms with Crippen LogP contribution in [-0.4, -0.2) is 11.6 Å². The summed E-state index contributed by atoms with van der Waals surface area (Å²) in [6.07, 6.45) is 4.41. The number of allylic oxidation sites excluding steroid dienone is 1. The summed E-state index contributed by atoms with van der Waals surface area (Å²) in [5, 5.41) is 11.9. The Labute approximate surface area is 143 Å². The highest BCUT2D eigenvalue weighted by Crippen LogP contribution is 2.29. The van der Waals surface area contributed by atoms with Crippen LogP contribution in [0.15, 0.2) is 54.6 Å². The maximum absolute atomic E-state index is 11.2. The Hall–Kier alpha value is -2.63. The minimum atomic E-state index is -0.0186. The summed E-state index contributed by atoms with van der Waals surface area (Å²) < 4.78 is 5.96. The lowest BCUT2D eigenvalue weighted by molar-refractivity contribution is -0.114. The van der Waals surface area contributed by atoms with Crippen molar-refractivity contribution in [2.45, 2.75) is 19.0 Å². The highest BCUT2D eigenvalue weighted by Gasteiger charge is 2.14. The van der Waals surface area contributed by atoms with E-state index in [0.29, 0.717) is 25.7 Å². The lowest BCUT2D eigenvalue weighted by Gasteiger charge is -2.18. The molecule has 1 aliphatic heterocycles. The Morgan fingerprint density at radius 3 is 2.92 bits per heavy atom. The molecular formula is C19H17N2O2P. The van der Waals surface area contributed by atoms with Crippen LogP contribution in [0.4, 0.5) is 0 Å². The first-order valence-electron chi connectivity index (χ1n) is 7.65. The number of hydrogen-bond acceptors (Lipinski definition) is 3. The van der Waals surface area contributed by atoms with Crippen LogP contribution >= 0.6 is 8.73 Å². The van der Waals surface area contributed by atoms with Crippen molar-refractivity contribution in [1.29, 1.82) is 5.26 Å². The third-order valence-electron chi connectivity index (χ3n) is 3.76. The Morgan fingerprint density at radius 2 is 2.17 bits per heavy atom. The molecule has 1 aliphatic rings. The minimum Gasteiger partial charge on any atom is -0.457 e. The van der Waals surface area contributed by atoms with Crippen LogP contribution in [0.3, 0.4) is 0 Å². The van der Waals surface area contributed by atoms with Gasteiger partial charge in [-0.1, -0.05) is 24.3 Å². The number of aryl methyl sites for hydroxylation is 1. The zero-order valence-electron chi connectivity index (χ0n) is 13.2. The molecule has 0 saturated heterocycles. The number of hydrogen-bond donors (Lipinski definition) is 1. The standard InChI is InChI=1S/C19H17N2O2P/c1-13-5-6-14(10-17-7-8-19(22)21-24-17)11-18(13)23-16-4-2-3-15(9-16)12-20/h2-9,11,17,24H,10H2,1H3,(H,21,22). The summed E-state index contributed by atoms with van der Waals surface area (Å²) >= 11 is 0. The zero-order chi connectivity index (χ0) is 16.9. The SMILES string of the molecule is Cc1ccc(CC2C=CC(=O)NP2)cc1Oc1cccc(C#N)c1. The van der Waals surface area contributed by atoms with E-state index in [1.165, 1.54) is 0 Å². The van der Waals surface area contributed by atoms with Crippen LogP contribution in [0, 0.1) is 18.3 Å². The maximum Gasteiger partial charge on any atom is 0.246 e. The van der Waals surface area contributed by atoms with Crippen molar-refractivity contribution >= 4 is 14.6 Å². The molecule has 2 atom stereocenters. The summed E-state index contributed by atoms with van der Waals surface area (Å²) in [4.78, 5) is 11.2. The van der Waals surface area contributed by atoms with Gasteiger partial charge in [-0.05, 0) is 63.5 Å². The van der Waals surface area contributed by atoms with Crippen molar-refractivity contribution < 1.29 is 9.53 Å². The summed E-state index contributed by atoms with van der Waals surface area (Å²) in [6, 6.07) is 15.4. The smallest absolute Gasteiger partial charge is 0.246 e. The number of ether oxygens (including phenoxy) is 1. The van der Waals surface area contributed by atoms with E-state index in [4.69, 9.17) is 10.00 Å². The molecule has 5 heteroatoms. The Morgan fingerprint density at radius 1 is 1.29 bits per heavy atom. The Kier molecular flexibility index (Phi) is 4.93. The highest BCUT2D eigenvalue weighted by molar-refractivity contribution is 7.38. The van der Waals surface area contributed by atoms with Gasteiger partial charge in [0.15, 0.2) is 0 Å². The van der Waals surface area contributed by atoms with E-state index in [9.17, 15) is 4.79 Å². The van der Waals surface area contributed by atoms with Gasteiger partial charge >= 0.3 is 0 Å². The number of rotatable bonds is 4. The molecule has 2 unspecified atom stereocenters. The van der Waals surface area contributed by atoms with Gasteiger partial charge in [-0.3, -0.25) is 4.79 Å². The normalized spacial score (nSPS) is 17.3. The predicted molar refractivity (Wildman–Crippen MR) is 95.5 cm³/mol. The molecular weight excluding hydrogens is 319 g/mol. The van der Waals surface area contributed by atoms with Crippen molar-refractivity contribution in [1.82, 2.24) is 5.09 Å². The van der Waals surface area contributed by atoms with Crippen LogP contribution < -0.4 is 9.82 Å². The molecule has 2 aromatic rings. The number of carbonyl (C=O) groups excluding carboxylic acids is 1. The van der Waals surface area contributed by atoms with Gasteiger partial charge in [-0.25, -0.2) is 0 Å². The van der Waals surface area contributed by atoms with Crippen molar-refractivity contribution in [3.05, 3.63) is 71.3 Å². The molecule has 3 rings (SSSR count). The van der Waals surface area contributed by atoms with E-state index in [0.717, 1.165) is 23.3 Å². The fourth-order valence-electron chi connectivity index (χ4n) is 2.47. The van der Waals surface area contributed by atoms with Crippen molar-refractivity contribution in [2.75, 3.05) is 0 Å². The second kappa shape index (κ2) is 7.29. The van der Waals surface area contributed by atoms with Crippen LogP contribution in [0.5, 0.6) is 11.5 Å². The third-order valence-corrected chi connectivity index (χ3v) is 4.92. The first-order chi connectivity index (χ1) is 11.6. The number of carbonyl (C=O) groups is 1. The van der Waals surface area contributed by atoms with Gasteiger partial charge in [0, 0.05) is 5.66 Å². The largest absolute Gasteiger partial charge is 0.457 e. The van der Waals surface area contributed by atoms with E-state index in [1.54, 1.807) is 18.2 Å². The van der Waals surface area contributed by atoms with Crippen molar-refractivity contribution in [3.63, 3.8) is 0 Å². The number of nitriles is 1. The molecule has 1 N–H and O–H groups in total. The average molecular weight is 336 g/mol. The highest BCUT2D eigenvalue weighted by atomic mass is 31.1. The van der Waals surface area contributed by atoms with Crippen LogP contribution in [-0.2, 0) is 11.2 Å². The fourth-order valence-corrected chi connectivity index (χ4v) is 3.41. The number of nitrogens with one attached hydrogen (secondary N) is 1. The number of amides is 1.